The lowest BCUT2D eigenvalue weighted by Gasteiger charge is -2.57. The van der Waals surface area contributed by atoms with Crippen LogP contribution in [0.15, 0.2) is 64.8 Å². The first-order valence-corrected chi connectivity index (χ1v) is 11.7. The van der Waals surface area contributed by atoms with Gasteiger partial charge in [0.15, 0.2) is 0 Å². The Morgan fingerprint density at radius 2 is 1.61 bits per heavy atom. The Bertz CT molecular complexity index is 1140. The average Bonchev–Trinajstić information content (AvgIpc) is 3.29. The highest BCUT2D eigenvalue weighted by molar-refractivity contribution is 6.37. The molecule has 4 bridgehead atoms. The van der Waals surface area contributed by atoms with E-state index in [4.69, 9.17) is 4.42 Å². The minimum atomic E-state index is -0.722. The molecule has 1 N–H and O–H groups in total. The van der Waals surface area contributed by atoms with Crippen LogP contribution in [-0.4, -0.2) is 17.8 Å². The van der Waals surface area contributed by atoms with E-state index in [-0.39, 0.29) is 11.0 Å². The molecule has 7 rings (SSSR count). The third-order valence-electron chi connectivity index (χ3n) is 7.94. The van der Waals surface area contributed by atoms with Crippen molar-refractivity contribution in [2.24, 2.45) is 17.8 Å². The molecule has 1 saturated heterocycles. The number of carbonyl (C=O) groups is 3. The van der Waals surface area contributed by atoms with Gasteiger partial charge in [-0.3, -0.25) is 14.9 Å². The summed E-state index contributed by atoms with van der Waals surface area (Å²) in [5.41, 5.74) is 1.95. The molecule has 4 aliphatic carbocycles. The first kappa shape index (κ1) is 20.2. The Hall–Kier alpha value is -3.41. The molecular formula is C27H26N2O4. The largest absolute Gasteiger partial charge is 0.465 e. The van der Waals surface area contributed by atoms with Crippen LogP contribution in [0.4, 0.5) is 10.5 Å². The van der Waals surface area contributed by atoms with Crippen molar-refractivity contribution in [3.05, 3.63) is 71.7 Å². The van der Waals surface area contributed by atoms with E-state index in [1.165, 1.54) is 50.2 Å². The van der Waals surface area contributed by atoms with Gasteiger partial charge in [0.25, 0.3) is 11.8 Å². The lowest BCUT2D eigenvalue weighted by Crippen LogP contribution is -2.54. The Morgan fingerprint density at radius 3 is 2.21 bits per heavy atom. The lowest BCUT2D eigenvalue weighted by molar-refractivity contribution is -0.122. The van der Waals surface area contributed by atoms with Crippen LogP contribution in [0.1, 0.15) is 49.8 Å². The monoisotopic (exact) mass is 442 g/mol. The third kappa shape index (κ3) is 3.45. The molecule has 0 unspecified atom stereocenters. The van der Waals surface area contributed by atoms with Crippen LogP contribution >= 0.6 is 0 Å². The van der Waals surface area contributed by atoms with E-state index in [9.17, 15) is 14.4 Å². The molecule has 4 amide bonds. The van der Waals surface area contributed by atoms with E-state index in [0.717, 1.165) is 22.7 Å². The van der Waals surface area contributed by atoms with Gasteiger partial charge in [-0.05, 0) is 104 Å². The van der Waals surface area contributed by atoms with Crippen molar-refractivity contribution in [2.75, 3.05) is 4.90 Å². The van der Waals surface area contributed by atoms with E-state index in [1.807, 2.05) is 12.1 Å². The molecule has 2 aromatic rings. The number of nitrogens with zero attached hydrogens (tertiary/aromatic N) is 1. The van der Waals surface area contributed by atoms with Gasteiger partial charge in [-0.25, -0.2) is 9.69 Å². The standard InChI is InChI=1S/C27H26N2O4/c30-24-23(5-1-3-22-4-2-10-33-22)25(31)29(26(32)28-24)21-8-6-20(7-9-21)27-14-17-11-18(15-27)13-19(12-17)16-27/h1-10,17-19H,11-16H2,(H,28,30,32)/b3-1+,23-5+. The molecule has 6 nitrogen and oxygen atoms in total. The number of urea groups is 1. The Balaban J connectivity index is 1.25. The van der Waals surface area contributed by atoms with Gasteiger partial charge in [-0.15, -0.1) is 0 Å². The minimum Gasteiger partial charge on any atom is -0.465 e. The first-order valence-electron chi connectivity index (χ1n) is 11.7. The second-order valence-corrected chi connectivity index (χ2v) is 10.1. The zero-order valence-corrected chi connectivity index (χ0v) is 18.3. The third-order valence-corrected chi connectivity index (χ3v) is 7.94. The number of barbiturate groups is 1. The van der Waals surface area contributed by atoms with Crippen molar-refractivity contribution in [1.82, 2.24) is 5.32 Å². The molecule has 0 radical (unpaired) electrons. The van der Waals surface area contributed by atoms with Crippen LogP contribution in [-0.2, 0) is 15.0 Å². The first-order chi connectivity index (χ1) is 16.0. The number of hydrogen-bond acceptors (Lipinski definition) is 4. The predicted molar refractivity (Wildman–Crippen MR) is 123 cm³/mol. The topological polar surface area (TPSA) is 79.6 Å². The molecule has 0 spiro atoms. The normalized spacial score (nSPS) is 32.2. The second kappa shape index (κ2) is 7.58. The maximum atomic E-state index is 13.1. The number of imide groups is 2. The molecule has 4 saturated carbocycles. The highest BCUT2D eigenvalue weighted by atomic mass is 16.3. The molecule has 5 aliphatic rings. The van der Waals surface area contributed by atoms with Crippen LogP contribution in [0.5, 0.6) is 0 Å². The van der Waals surface area contributed by atoms with Crippen molar-refractivity contribution in [2.45, 2.75) is 43.9 Å². The Morgan fingerprint density at radius 1 is 0.939 bits per heavy atom. The molecule has 168 valence electrons. The summed E-state index contributed by atoms with van der Waals surface area (Å²) in [5, 5.41) is 2.28. The van der Waals surface area contributed by atoms with Crippen molar-refractivity contribution in [3.8, 4) is 0 Å². The molecular weight excluding hydrogens is 416 g/mol. The number of furan rings is 1. The summed E-state index contributed by atoms with van der Waals surface area (Å²) in [4.78, 5) is 38.9. The van der Waals surface area contributed by atoms with Gasteiger partial charge < -0.3 is 4.42 Å². The van der Waals surface area contributed by atoms with Gasteiger partial charge in [0.05, 0.1) is 12.0 Å². The fraction of sp³-hybridized carbons (Fsp3) is 0.370. The van der Waals surface area contributed by atoms with Crippen molar-refractivity contribution in [1.29, 1.82) is 0 Å². The molecule has 6 heteroatoms. The zero-order valence-electron chi connectivity index (χ0n) is 18.3. The number of anilines is 1. The van der Waals surface area contributed by atoms with E-state index < -0.39 is 17.8 Å². The van der Waals surface area contributed by atoms with E-state index in [1.54, 1.807) is 30.5 Å². The van der Waals surface area contributed by atoms with Gasteiger partial charge in [0, 0.05) is 0 Å². The summed E-state index contributed by atoms with van der Waals surface area (Å²) >= 11 is 0. The smallest absolute Gasteiger partial charge is 0.335 e. The fourth-order valence-electron chi connectivity index (χ4n) is 6.97. The summed E-state index contributed by atoms with van der Waals surface area (Å²) in [6.07, 6.45) is 14.1. The van der Waals surface area contributed by atoms with Gasteiger partial charge in [0.2, 0.25) is 0 Å². The van der Waals surface area contributed by atoms with Gasteiger partial charge >= 0.3 is 6.03 Å². The van der Waals surface area contributed by atoms with E-state index in [0.29, 0.717) is 11.4 Å². The molecule has 1 aromatic carbocycles. The van der Waals surface area contributed by atoms with Crippen LogP contribution < -0.4 is 10.2 Å². The predicted octanol–water partition coefficient (Wildman–Crippen LogP) is 4.97. The molecule has 5 fully saturated rings. The molecule has 33 heavy (non-hydrogen) atoms. The van der Waals surface area contributed by atoms with Crippen LogP contribution in [0.25, 0.3) is 6.08 Å². The van der Waals surface area contributed by atoms with Crippen LogP contribution in [0, 0.1) is 17.8 Å². The summed E-state index contributed by atoms with van der Waals surface area (Å²) in [6.45, 7) is 0. The lowest BCUT2D eigenvalue weighted by atomic mass is 9.48. The number of allylic oxidation sites excluding steroid dienone is 2. The highest BCUT2D eigenvalue weighted by Crippen LogP contribution is 2.60. The average molecular weight is 443 g/mol. The number of nitrogens with one attached hydrogen (secondary N) is 1. The Kier molecular flexibility index (Phi) is 4.64. The maximum Gasteiger partial charge on any atom is 0.335 e. The number of rotatable bonds is 4. The Labute approximate surface area is 192 Å². The SMILES string of the molecule is O=C1NC(=O)N(c2ccc(C34CC5CC(CC(C5)C3)C4)cc2)C(=O)/C1=C/C=C/c1ccco1. The second-order valence-electron chi connectivity index (χ2n) is 10.1. The quantitative estimate of drug-likeness (QED) is 0.536. The van der Waals surface area contributed by atoms with E-state index >= 15 is 0 Å². The van der Waals surface area contributed by atoms with Crippen molar-refractivity contribution in [3.63, 3.8) is 0 Å². The number of amides is 4. The van der Waals surface area contributed by atoms with Gasteiger partial charge in [-0.2, -0.15) is 0 Å². The zero-order chi connectivity index (χ0) is 22.6. The minimum absolute atomic E-state index is 0.0948. The van der Waals surface area contributed by atoms with Crippen LogP contribution in [0.2, 0.25) is 0 Å². The fourth-order valence-corrected chi connectivity index (χ4v) is 6.97. The summed E-state index contributed by atoms with van der Waals surface area (Å²) in [6, 6.07) is 10.6. The van der Waals surface area contributed by atoms with E-state index in [2.05, 4.69) is 17.4 Å². The number of hydrogen-bond donors (Lipinski definition) is 1. The molecule has 1 aliphatic heterocycles. The summed E-state index contributed by atoms with van der Waals surface area (Å²) < 4.78 is 5.22. The summed E-state index contributed by atoms with van der Waals surface area (Å²) in [5.74, 6) is 1.81. The molecule has 2 heterocycles. The maximum absolute atomic E-state index is 13.1. The van der Waals surface area contributed by atoms with Gasteiger partial charge in [-0.1, -0.05) is 18.2 Å². The summed E-state index contributed by atoms with van der Waals surface area (Å²) in [7, 11) is 0. The van der Waals surface area contributed by atoms with Crippen molar-refractivity contribution >= 4 is 29.6 Å². The van der Waals surface area contributed by atoms with Gasteiger partial charge in [0.1, 0.15) is 11.3 Å². The highest BCUT2D eigenvalue weighted by Gasteiger charge is 2.51. The number of benzene rings is 1. The number of carbonyl (C=O) groups excluding carboxylic acids is 3. The molecule has 1 aromatic heterocycles. The van der Waals surface area contributed by atoms with Crippen molar-refractivity contribution < 1.29 is 18.8 Å². The molecule has 0 atom stereocenters. The van der Waals surface area contributed by atoms with Crippen LogP contribution in [0.3, 0.4) is 0 Å².